The van der Waals surface area contributed by atoms with Crippen molar-refractivity contribution in [1.29, 1.82) is 0 Å². The zero-order valence-electron chi connectivity index (χ0n) is 10.4. The first-order valence-electron chi connectivity index (χ1n) is 6.24. The zero-order valence-corrected chi connectivity index (χ0v) is 11.3. The second-order valence-corrected chi connectivity index (χ2v) is 6.07. The maximum Gasteiger partial charge on any atom is 0.245 e. The van der Waals surface area contributed by atoms with Crippen LogP contribution in [-0.2, 0) is 9.59 Å². The van der Waals surface area contributed by atoms with Gasteiger partial charge in [-0.3, -0.25) is 9.59 Å². The first-order chi connectivity index (χ1) is 8.11. The van der Waals surface area contributed by atoms with Crippen LogP contribution >= 0.6 is 11.8 Å². The molecule has 0 bridgehead atoms. The molecule has 2 amide bonds. The van der Waals surface area contributed by atoms with Gasteiger partial charge in [-0.25, -0.2) is 0 Å². The molecule has 2 rings (SSSR count). The predicted octanol–water partition coefficient (Wildman–Crippen LogP) is 1.01. The normalized spacial score (nSPS) is 34.7. The lowest BCUT2D eigenvalue weighted by molar-refractivity contribution is -0.146. The molecule has 5 heteroatoms. The molecule has 1 aliphatic heterocycles. The van der Waals surface area contributed by atoms with E-state index in [0.29, 0.717) is 5.25 Å². The summed E-state index contributed by atoms with van der Waals surface area (Å²) in [5.41, 5.74) is 0. The summed E-state index contributed by atoms with van der Waals surface area (Å²) in [6.07, 6.45) is 6.60. The Bertz CT molecular complexity index is 322. The molecule has 1 saturated heterocycles. The third-order valence-corrected chi connectivity index (χ3v) is 4.81. The molecule has 96 valence electrons. The van der Waals surface area contributed by atoms with Crippen LogP contribution in [0.25, 0.3) is 0 Å². The Morgan fingerprint density at radius 2 is 2.12 bits per heavy atom. The van der Waals surface area contributed by atoms with Crippen molar-refractivity contribution in [2.45, 2.75) is 49.9 Å². The molecule has 0 radical (unpaired) electrons. The third-order valence-electron chi connectivity index (χ3n) is 3.72. The maximum absolute atomic E-state index is 12.1. The van der Waals surface area contributed by atoms with Crippen LogP contribution in [-0.4, -0.2) is 46.8 Å². The molecule has 1 aliphatic carbocycles. The Balaban J connectivity index is 2.04. The van der Waals surface area contributed by atoms with Crippen molar-refractivity contribution in [3.8, 4) is 0 Å². The SMILES string of the molecule is CSC1CCCC(N2CC(=O)NC(C)C2=O)C1. The molecule has 0 aromatic rings. The number of hydrogen-bond donors (Lipinski definition) is 1. The van der Waals surface area contributed by atoms with E-state index in [-0.39, 0.29) is 30.4 Å². The fraction of sp³-hybridized carbons (Fsp3) is 0.833. The summed E-state index contributed by atoms with van der Waals surface area (Å²) in [5.74, 6) is 0.0553. The van der Waals surface area contributed by atoms with Gasteiger partial charge in [0.25, 0.3) is 0 Å². The topological polar surface area (TPSA) is 49.4 Å². The molecule has 3 atom stereocenters. The first-order valence-corrected chi connectivity index (χ1v) is 7.53. The fourth-order valence-corrected chi connectivity index (χ4v) is 3.57. The van der Waals surface area contributed by atoms with Crippen LogP contribution in [0.3, 0.4) is 0 Å². The minimum Gasteiger partial charge on any atom is -0.343 e. The van der Waals surface area contributed by atoms with Crippen molar-refractivity contribution in [2.24, 2.45) is 0 Å². The monoisotopic (exact) mass is 256 g/mol. The summed E-state index contributed by atoms with van der Waals surface area (Å²) in [7, 11) is 0. The van der Waals surface area contributed by atoms with Gasteiger partial charge in [0, 0.05) is 11.3 Å². The molecular weight excluding hydrogens is 236 g/mol. The van der Waals surface area contributed by atoms with E-state index in [4.69, 9.17) is 0 Å². The van der Waals surface area contributed by atoms with E-state index in [2.05, 4.69) is 11.6 Å². The van der Waals surface area contributed by atoms with Crippen LogP contribution < -0.4 is 5.32 Å². The number of thioether (sulfide) groups is 1. The van der Waals surface area contributed by atoms with E-state index in [0.717, 1.165) is 19.3 Å². The van der Waals surface area contributed by atoms with Crippen LogP contribution in [0.15, 0.2) is 0 Å². The molecule has 17 heavy (non-hydrogen) atoms. The van der Waals surface area contributed by atoms with Crippen LogP contribution in [0.4, 0.5) is 0 Å². The van der Waals surface area contributed by atoms with Gasteiger partial charge in [0.15, 0.2) is 0 Å². The van der Waals surface area contributed by atoms with E-state index in [1.165, 1.54) is 6.42 Å². The summed E-state index contributed by atoms with van der Waals surface area (Å²) >= 11 is 1.88. The summed E-state index contributed by atoms with van der Waals surface area (Å²) in [4.78, 5) is 25.4. The molecular formula is C12H20N2O2S. The largest absolute Gasteiger partial charge is 0.343 e. The molecule has 4 nitrogen and oxygen atoms in total. The van der Waals surface area contributed by atoms with Gasteiger partial charge in [0.2, 0.25) is 11.8 Å². The number of piperazine rings is 1. The molecule has 0 aromatic carbocycles. The van der Waals surface area contributed by atoms with Crippen LogP contribution in [0.2, 0.25) is 0 Å². The number of nitrogens with one attached hydrogen (secondary N) is 1. The van der Waals surface area contributed by atoms with Crippen molar-refractivity contribution in [3.05, 3.63) is 0 Å². The number of nitrogens with zero attached hydrogens (tertiary/aromatic N) is 1. The molecule has 0 spiro atoms. The second kappa shape index (κ2) is 5.29. The number of rotatable bonds is 2. The van der Waals surface area contributed by atoms with E-state index in [1.807, 2.05) is 11.8 Å². The summed E-state index contributed by atoms with van der Waals surface area (Å²) in [6.45, 7) is 2.01. The lowest BCUT2D eigenvalue weighted by atomic mass is 9.92. The molecule has 2 aliphatic rings. The third kappa shape index (κ3) is 2.76. The number of carbonyl (C=O) groups is 2. The lowest BCUT2D eigenvalue weighted by Gasteiger charge is -2.40. The quantitative estimate of drug-likeness (QED) is 0.802. The van der Waals surface area contributed by atoms with Crippen molar-refractivity contribution in [3.63, 3.8) is 0 Å². The van der Waals surface area contributed by atoms with Crippen LogP contribution in [0.5, 0.6) is 0 Å². The Hall–Kier alpha value is -0.710. The van der Waals surface area contributed by atoms with Crippen molar-refractivity contribution < 1.29 is 9.59 Å². The predicted molar refractivity (Wildman–Crippen MR) is 68.9 cm³/mol. The highest BCUT2D eigenvalue weighted by Gasteiger charge is 2.36. The minimum atomic E-state index is -0.356. The van der Waals surface area contributed by atoms with Crippen molar-refractivity contribution in [1.82, 2.24) is 10.2 Å². The Morgan fingerprint density at radius 1 is 1.35 bits per heavy atom. The number of carbonyl (C=O) groups excluding carboxylic acids is 2. The maximum atomic E-state index is 12.1. The lowest BCUT2D eigenvalue weighted by Crippen LogP contribution is -2.60. The van der Waals surface area contributed by atoms with Gasteiger partial charge in [0.05, 0.1) is 6.54 Å². The molecule has 1 saturated carbocycles. The van der Waals surface area contributed by atoms with Gasteiger partial charge in [-0.2, -0.15) is 11.8 Å². The zero-order chi connectivity index (χ0) is 12.4. The van der Waals surface area contributed by atoms with Crippen LogP contribution in [0, 0.1) is 0 Å². The summed E-state index contributed by atoms with van der Waals surface area (Å²) < 4.78 is 0. The van der Waals surface area contributed by atoms with E-state index < -0.39 is 0 Å². The average molecular weight is 256 g/mol. The molecule has 1 heterocycles. The van der Waals surface area contributed by atoms with Crippen LogP contribution in [0.1, 0.15) is 32.6 Å². The minimum absolute atomic E-state index is 0.0247. The van der Waals surface area contributed by atoms with Crippen molar-refractivity contribution >= 4 is 23.6 Å². The number of hydrogen-bond acceptors (Lipinski definition) is 3. The average Bonchev–Trinajstić information content (AvgIpc) is 2.34. The van der Waals surface area contributed by atoms with Gasteiger partial charge < -0.3 is 10.2 Å². The Morgan fingerprint density at radius 3 is 2.82 bits per heavy atom. The fourth-order valence-electron chi connectivity index (χ4n) is 2.76. The molecule has 1 N–H and O–H groups in total. The molecule has 3 unspecified atom stereocenters. The highest BCUT2D eigenvalue weighted by molar-refractivity contribution is 7.99. The summed E-state index contributed by atoms with van der Waals surface area (Å²) in [6, 6.07) is -0.0897. The molecule has 2 fully saturated rings. The van der Waals surface area contributed by atoms with Gasteiger partial charge in [-0.1, -0.05) is 6.42 Å². The smallest absolute Gasteiger partial charge is 0.245 e. The molecule has 0 aromatic heterocycles. The van der Waals surface area contributed by atoms with E-state index in [9.17, 15) is 9.59 Å². The number of amides is 2. The second-order valence-electron chi connectivity index (χ2n) is 4.93. The first kappa shape index (κ1) is 12.7. The van der Waals surface area contributed by atoms with Crippen molar-refractivity contribution in [2.75, 3.05) is 12.8 Å². The Kier molecular flexibility index (Phi) is 3.97. The highest BCUT2D eigenvalue weighted by Crippen LogP contribution is 2.30. The van der Waals surface area contributed by atoms with Gasteiger partial charge >= 0.3 is 0 Å². The Labute approximate surface area is 106 Å². The van der Waals surface area contributed by atoms with E-state index >= 15 is 0 Å². The van der Waals surface area contributed by atoms with Gasteiger partial charge in [-0.15, -0.1) is 0 Å². The van der Waals surface area contributed by atoms with E-state index in [1.54, 1.807) is 11.8 Å². The highest BCUT2D eigenvalue weighted by atomic mass is 32.2. The van der Waals surface area contributed by atoms with Gasteiger partial charge in [-0.05, 0) is 32.4 Å². The summed E-state index contributed by atoms with van der Waals surface area (Å²) in [5, 5.41) is 3.33. The standard InChI is InChI=1S/C12H20N2O2S/c1-8-12(16)14(7-11(15)13-8)9-4-3-5-10(6-9)17-2/h8-10H,3-7H2,1-2H3,(H,13,15). The van der Waals surface area contributed by atoms with Gasteiger partial charge in [0.1, 0.15) is 6.04 Å².